The van der Waals surface area contributed by atoms with Gasteiger partial charge >= 0.3 is 50.4 Å². The van der Waals surface area contributed by atoms with Crippen LogP contribution >= 0.6 is 20.2 Å². The van der Waals surface area contributed by atoms with Crippen LogP contribution in [0.2, 0.25) is 0 Å². The number of nitrogens with one attached hydrogen (secondary N) is 2. The number of hydrogen-bond donors (Lipinski definition) is 0. The van der Waals surface area contributed by atoms with E-state index in [0.29, 0.717) is 0 Å². The Morgan fingerprint density at radius 2 is 0.917 bits per heavy atom. The van der Waals surface area contributed by atoms with Crippen LogP contribution in [0.25, 0.3) is 11.5 Å². The third-order valence-electron chi connectivity index (χ3n) is 0.204. The molecule has 0 aliphatic carbocycles. The van der Waals surface area contributed by atoms with E-state index in [0.717, 1.165) is 0 Å². The van der Waals surface area contributed by atoms with Crippen molar-refractivity contribution in [2.24, 2.45) is 0 Å². The van der Waals surface area contributed by atoms with E-state index >= 15 is 0 Å². The first-order valence-electron chi connectivity index (χ1n) is 2.51. The standard InChI is InChI=1S/2C2H5NO.2ClH.2Cu/c2*3-1-2-4;;;;/h2*3H,1-2H2;2*1H;;/q2*-2;;;2*+2/p-2. The van der Waals surface area contributed by atoms with Gasteiger partial charge in [-0.15, -0.1) is 0 Å². The summed E-state index contributed by atoms with van der Waals surface area (Å²) >= 11 is 7.32. The van der Waals surface area contributed by atoms with E-state index in [2.05, 4.69) is 50.4 Å². The van der Waals surface area contributed by atoms with Crippen molar-refractivity contribution < 1.29 is 40.4 Å². The van der Waals surface area contributed by atoms with Crippen LogP contribution in [0.3, 0.4) is 0 Å². The van der Waals surface area contributed by atoms with E-state index in [-0.39, 0.29) is 26.3 Å². The molecule has 4 nitrogen and oxygen atoms in total. The van der Waals surface area contributed by atoms with Gasteiger partial charge in [0.15, 0.2) is 0 Å². The fraction of sp³-hybridized carbons (Fsp3) is 1.00. The maximum atomic E-state index is 9.11. The van der Waals surface area contributed by atoms with Crippen LogP contribution in [0.5, 0.6) is 0 Å². The van der Waals surface area contributed by atoms with E-state index in [9.17, 15) is 0 Å². The molecule has 0 saturated heterocycles. The molecule has 86 valence electrons. The summed E-state index contributed by atoms with van der Waals surface area (Å²) in [6.07, 6.45) is 0. The van der Waals surface area contributed by atoms with Gasteiger partial charge in [-0.2, -0.15) is 26.3 Å². The molecule has 0 saturated carbocycles. The average molecular weight is 316 g/mol. The molecule has 0 aliphatic rings. The van der Waals surface area contributed by atoms with E-state index < -0.39 is 0 Å². The molecule has 0 spiro atoms. The van der Waals surface area contributed by atoms with Crippen LogP contribution < -0.4 is 10.2 Å². The SMILES string of the molecule is [Cl][Cu+].[Cl][Cu+].[NH-]CC[O-].[NH-]CC[O-]. The molecule has 0 aromatic heterocycles. The Morgan fingerprint density at radius 1 is 0.833 bits per heavy atom. The second-order valence-electron chi connectivity index (χ2n) is 0.908. The van der Waals surface area contributed by atoms with Crippen molar-refractivity contribution >= 4 is 20.2 Å². The largest absolute Gasteiger partial charge is 0.856 e. The fourth-order valence-electron chi connectivity index (χ4n) is 0. The smallest absolute Gasteiger partial charge is 0.160 e. The van der Waals surface area contributed by atoms with Crippen LogP contribution in [0.4, 0.5) is 0 Å². The van der Waals surface area contributed by atoms with Crippen molar-refractivity contribution in [3.05, 3.63) is 11.5 Å². The second kappa shape index (κ2) is 54.9. The molecule has 12 heavy (non-hydrogen) atoms. The zero-order chi connectivity index (χ0) is 10.8. The average Bonchev–Trinajstić information content (AvgIpc) is 2.23. The third kappa shape index (κ3) is 105. The molecule has 0 radical (unpaired) electrons. The molecule has 0 atom stereocenters. The van der Waals surface area contributed by atoms with Crippen LogP contribution in [0, 0.1) is 0 Å². The van der Waals surface area contributed by atoms with Crippen LogP contribution in [-0.2, 0) is 30.2 Å². The summed E-state index contributed by atoms with van der Waals surface area (Å²) in [6, 6.07) is 0. The predicted octanol–water partition coefficient (Wildman–Crippen LogP) is 0.172. The first-order valence-corrected chi connectivity index (χ1v) is 5.10. The zero-order valence-electron chi connectivity index (χ0n) is 6.00. The quantitative estimate of drug-likeness (QED) is 0.679. The molecule has 0 amide bonds. The van der Waals surface area contributed by atoms with Crippen molar-refractivity contribution in [1.82, 2.24) is 0 Å². The van der Waals surface area contributed by atoms with Gasteiger partial charge in [0, 0.05) is 0 Å². The Bertz CT molecular complexity index is 35.0. The first kappa shape index (κ1) is 23.4. The minimum Gasteiger partial charge on any atom is -0.856 e. The minimum absolute atomic E-state index is 0.0139. The van der Waals surface area contributed by atoms with E-state index in [4.69, 9.17) is 21.7 Å². The van der Waals surface area contributed by atoms with E-state index in [1.54, 1.807) is 0 Å². The van der Waals surface area contributed by atoms with E-state index in [1.165, 1.54) is 0 Å². The second-order valence-corrected chi connectivity index (χ2v) is 0.908. The van der Waals surface area contributed by atoms with Crippen LogP contribution in [-0.4, -0.2) is 26.3 Å². The Kier molecular flexibility index (Phi) is 107. The molecular formula is C4H10Cl2Cu2N2O2-2. The number of hydrogen-bond acceptors (Lipinski definition) is 2. The maximum Gasteiger partial charge on any atom is -0.160 e. The summed E-state index contributed by atoms with van der Waals surface area (Å²) in [5, 5.41) is 18.2. The van der Waals surface area contributed by atoms with Crippen molar-refractivity contribution in [2.75, 3.05) is 26.3 Å². The molecule has 8 heteroatoms. The summed E-state index contributed by atoms with van der Waals surface area (Å²) in [5.74, 6) is 0. The van der Waals surface area contributed by atoms with Crippen LogP contribution in [0.1, 0.15) is 0 Å². The van der Waals surface area contributed by atoms with Gasteiger partial charge in [0.2, 0.25) is 0 Å². The van der Waals surface area contributed by atoms with Gasteiger partial charge in [0.1, 0.15) is 0 Å². The summed E-state index contributed by atoms with van der Waals surface area (Å²) < 4.78 is 0. The molecule has 0 rings (SSSR count). The van der Waals surface area contributed by atoms with Crippen molar-refractivity contribution in [2.45, 2.75) is 0 Å². The minimum atomic E-state index is -0.264. The van der Waals surface area contributed by atoms with Gasteiger partial charge < -0.3 is 21.7 Å². The molecule has 0 unspecified atom stereocenters. The summed E-state index contributed by atoms with van der Waals surface area (Å²) in [5.41, 5.74) is 12.3. The van der Waals surface area contributed by atoms with Gasteiger partial charge in [-0.05, 0) is 0 Å². The van der Waals surface area contributed by atoms with E-state index in [1.807, 2.05) is 0 Å². The van der Waals surface area contributed by atoms with Crippen LogP contribution in [0.15, 0.2) is 0 Å². The fourth-order valence-corrected chi connectivity index (χ4v) is 0. The maximum absolute atomic E-state index is 9.11. The third-order valence-corrected chi connectivity index (χ3v) is 0.204. The zero-order valence-corrected chi connectivity index (χ0v) is 9.40. The van der Waals surface area contributed by atoms with Crippen molar-refractivity contribution in [1.29, 1.82) is 0 Å². The molecular weight excluding hydrogens is 306 g/mol. The van der Waals surface area contributed by atoms with Crippen molar-refractivity contribution in [3.63, 3.8) is 0 Å². The van der Waals surface area contributed by atoms with Gasteiger partial charge in [0.05, 0.1) is 0 Å². The van der Waals surface area contributed by atoms with Gasteiger partial charge in [-0.1, -0.05) is 0 Å². The van der Waals surface area contributed by atoms with Crippen molar-refractivity contribution in [3.8, 4) is 0 Å². The summed E-state index contributed by atoms with van der Waals surface area (Å²) in [7, 11) is 8.40. The Morgan fingerprint density at radius 3 is 0.917 bits per heavy atom. The molecule has 0 heterocycles. The first-order chi connectivity index (χ1) is 5.83. The molecule has 0 aliphatic heterocycles. The molecule has 0 aromatic carbocycles. The van der Waals surface area contributed by atoms with Gasteiger partial charge in [0.25, 0.3) is 0 Å². The Balaban J connectivity index is -0.0000000380. The predicted molar refractivity (Wildman–Crippen MR) is 39.8 cm³/mol. The molecule has 0 fully saturated rings. The summed E-state index contributed by atoms with van der Waals surface area (Å²) in [4.78, 5) is 0. The topological polar surface area (TPSA) is 93.7 Å². The molecule has 2 N–H and O–H groups in total. The Hall–Kier alpha value is 1.46. The Labute approximate surface area is 98.1 Å². The van der Waals surface area contributed by atoms with Gasteiger partial charge in [-0.3, -0.25) is 0 Å². The van der Waals surface area contributed by atoms with Gasteiger partial charge in [-0.25, -0.2) is 0 Å². The number of halogens is 2. The molecule has 0 aromatic rings. The number of rotatable bonds is 2. The molecule has 0 bridgehead atoms. The summed E-state index contributed by atoms with van der Waals surface area (Å²) in [6.45, 7) is -0.500. The normalized spacial score (nSPS) is 6.17. The monoisotopic (exact) mass is 314 g/mol.